The van der Waals surface area contributed by atoms with Crippen molar-refractivity contribution in [3.8, 4) is 11.5 Å². The molecule has 1 unspecified atom stereocenters. The summed E-state index contributed by atoms with van der Waals surface area (Å²) in [6, 6.07) is 0.145. The number of carboxylic acids is 1. The van der Waals surface area contributed by atoms with E-state index in [2.05, 4.69) is 0 Å². The molecule has 1 aromatic carbocycles. The summed E-state index contributed by atoms with van der Waals surface area (Å²) in [4.78, 5) is 10.7. The quantitative estimate of drug-likeness (QED) is 0.851. The lowest BCUT2D eigenvalue weighted by Crippen LogP contribution is -2.32. The first-order valence-electron chi connectivity index (χ1n) is 4.99. The van der Waals surface area contributed by atoms with E-state index in [0.29, 0.717) is 5.56 Å². The van der Waals surface area contributed by atoms with Gasteiger partial charge in [-0.2, -0.15) is 0 Å². The molecule has 0 aromatic heterocycles. The third-order valence-corrected chi connectivity index (χ3v) is 2.65. The van der Waals surface area contributed by atoms with Gasteiger partial charge in [0.15, 0.2) is 17.3 Å². The van der Waals surface area contributed by atoms with Crippen molar-refractivity contribution >= 4 is 17.6 Å². The van der Waals surface area contributed by atoms with Crippen LogP contribution in [0.15, 0.2) is 6.07 Å². The highest BCUT2D eigenvalue weighted by atomic mass is 35.5. The Bertz CT molecular complexity index is 467. The number of aliphatic carboxylic acids is 1. The molecule has 3 N–H and O–H groups in total. The number of halogens is 2. The summed E-state index contributed by atoms with van der Waals surface area (Å²) in [6.45, 7) is 0. The zero-order valence-electron chi connectivity index (χ0n) is 9.87. The van der Waals surface area contributed by atoms with Crippen molar-refractivity contribution in [2.24, 2.45) is 5.73 Å². The number of ether oxygens (including phenoxy) is 2. The second-order valence-corrected chi connectivity index (χ2v) is 3.95. The fourth-order valence-corrected chi connectivity index (χ4v) is 1.74. The third-order valence-electron chi connectivity index (χ3n) is 2.37. The lowest BCUT2D eigenvalue weighted by atomic mass is 10.0. The Morgan fingerprint density at radius 2 is 2.06 bits per heavy atom. The van der Waals surface area contributed by atoms with E-state index >= 15 is 0 Å². The molecule has 0 spiro atoms. The molecule has 7 heteroatoms. The number of hydrogen-bond acceptors (Lipinski definition) is 4. The summed E-state index contributed by atoms with van der Waals surface area (Å²) in [5.41, 5.74) is 5.79. The van der Waals surface area contributed by atoms with Crippen molar-refractivity contribution in [1.29, 1.82) is 0 Å². The van der Waals surface area contributed by atoms with Gasteiger partial charge in [0.25, 0.3) is 0 Å². The zero-order chi connectivity index (χ0) is 13.9. The third kappa shape index (κ3) is 2.83. The first-order chi connectivity index (χ1) is 8.42. The molecule has 0 heterocycles. The molecule has 0 aliphatic carbocycles. The van der Waals surface area contributed by atoms with Crippen LogP contribution in [0.1, 0.15) is 5.56 Å². The number of carbonyl (C=O) groups is 1. The summed E-state index contributed by atoms with van der Waals surface area (Å²) in [5, 5.41) is 8.57. The van der Waals surface area contributed by atoms with Gasteiger partial charge in [0.05, 0.1) is 19.2 Å². The predicted octanol–water partition coefficient (Wildman–Crippen LogP) is 1.45. The maximum absolute atomic E-state index is 13.6. The first kappa shape index (κ1) is 14.5. The van der Waals surface area contributed by atoms with Gasteiger partial charge in [-0.05, 0) is 6.07 Å². The Morgan fingerprint density at radius 1 is 1.50 bits per heavy atom. The largest absolute Gasteiger partial charge is 0.492 e. The van der Waals surface area contributed by atoms with Crippen LogP contribution in [0.5, 0.6) is 11.5 Å². The lowest BCUT2D eigenvalue weighted by Gasteiger charge is -2.15. The predicted molar refractivity (Wildman–Crippen MR) is 63.8 cm³/mol. The molecule has 5 nitrogen and oxygen atoms in total. The van der Waals surface area contributed by atoms with Gasteiger partial charge in [0.2, 0.25) is 0 Å². The minimum Gasteiger partial charge on any atom is -0.492 e. The van der Waals surface area contributed by atoms with Crippen LogP contribution in [-0.2, 0) is 11.2 Å². The van der Waals surface area contributed by atoms with Crippen molar-refractivity contribution in [2.75, 3.05) is 14.2 Å². The van der Waals surface area contributed by atoms with Crippen LogP contribution in [0, 0.1) is 5.82 Å². The standard InChI is InChI=1S/C11H13ClFNO4/c1-17-9-5(4-7(14)11(15)16)3-6(12)8(13)10(9)18-2/h3,7H,4,14H2,1-2H3,(H,15,16). The normalized spacial score (nSPS) is 12.1. The summed E-state index contributed by atoms with van der Waals surface area (Å²) in [7, 11) is 2.58. The molecule has 0 radical (unpaired) electrons. The van der Waals surface area contributed by atoms with E-state index in [1.807, 2.05) is 0 Å². The number of carboxylic acid groups (broad SMARTS) is 1. The van der Waals surface area contributed by atoms with Crippen LogP contribution in [-0.4, -0.2) is 31.3 Å². The van der Waals surface area contributed by atoms with Crippen LogP contribution >= 0.6 is 11.6 Å². The van der Waals surface area contributed by atoms with Crippen LogP contribution in [0.4, 0.5) is 4.39 Å². The fraction of sp³-hybridized carbons (Fsp3) is 0.364. The number of hydrogen-bond donors (Lipinski definition) is 2. The highest BCUT2D eigenvalue weighted by Gasteiger charge is 2.22. The summed E-state index contributed by atoms with van der Waals surface area (Å²) >= 11 is 5.69. The van der Waals surface area contributed by atoms with E-state index in [1.54, 1.807) is 0 Å². The Hall–Kier alpha value is -1.53. The Kier molecular flexibility index (Phi) is 4.75. The Labute approximate surface area is 108 Å². The van der Waals surface area contributed by atoms with Crippen molar-refractivity contribution in [3.63, 3.8) is 0 Å². The fourth-order valence-electron chi connectivity index (χ4n) is 1.52. The van der Waals surface area contributed by atoms with Crippen LogP contribution in [0.2, 0.25) is 5.02 Å². The monoisotopic (exact) mass is 277 g/mol. The van der Waals surface area contributed by atoms with Crippen LogP contribution in [0.25, 0.3) is 0 Å². The van der Waals surface area contributed by atoms with Gasteiger partial charge in [-0.15, -0.1) is 0 Å². The molecular formula is C11H13ClFNO4. The molecule has 1 rings (SSSR count). The van der Waals surface area contributed by atoms with Crippen molar-refractivity contribution in [2.45, 2.75) is 12.5 Å². The molecule has 100 valence electrons. The molecule has 0 fully saturated rings. The van der Waals surface area contributed by atoms with E-state index in [-0.39, 0.29) is 22.9 Å². The van der Waals surface area contributed by atoms with Gasteiger partial charge >= 0.3 is 5.97 Å². The van der Waals surface area contributed by atoms with Crippen molar-refractivity contribution < 1.29 is 23.8 Å². The molecule has 1 aromatic rings. The molecule has 0 saturated carbocycles. The molecule has 0 aliphatic rings. The van der Waals surface area contributed by atoms with Gasteiger partial charge < -0.3 is 20.3 Å². The lowest BCUT2D eigenvalue weighted by molar-refractivity contribution is -0.138. The maximum atomic E-state index is 13.6. The number of rotatable bonds is 5. The first-order valence-corrected chi connectivity index (χ1v) is 5.37. The van der Waals surface area contributed by atoms with Gasteiger partial charge in [-0.25, -0.2) is 4.39 Å². The average Bonchev–Trinajstić information content (AvgIpc) is 2.32. The molecule has 0 bridgehead atoms. The van der Waals surface area contributed by atoms with Crippen LogP contribution < -0.4 is 15.2 Å². The van der Waals surface area contributed by atoms with Crippen molar-refractivity contribution in [1.82, 2.24) is 0 Å². The summed E-state index contributed by atoms with van der Waals surface area (Å²) < 4.78 is 23.5. The van der Waals surface area contributed by atoms with Crippen molar-refractivity contribution in [3.05, 3.63) is 22.5 Å². The minimum atomic E-state index is -1.17. The molecule has 0 amide bonds. The van der Waals surface area contributed by atoms with E-state index in [0.717, 1.165) is 0 Å². The average molecular weight is 278 g/mol. The second-order valence-electron chi connectivity index (χ2n) is 3.55. The van der Waals surface area contributed by atoms with Crippen LogP contribution in [0.3, 0.4) is 0 Å². The summed E-state index contributed by atoms with van der Waals surface area (Å²) in [5.74, 6) is -2.01. The highest BCUT2D eigenvalue weighted by molar-refractivity contribution is 6.31. The number of nitrogens with two attached hydrogens (primary N) is 1. The van der Waals surface area contributed by atoms with Gasteiger partial charge in [0.1, 0.15) is 6.04 Å². The highest BCUT2D eigenvalue weighted by Crippen LogP contribution is 2.38. The van der Waals surface area contributed by atoms with E-state index in [1.165, 1.54) is 20.3 Å². The van der Waals surface area contributed by atoms with E-state index in [9.17, 15) is 9.18 Å². The molecular weight excluding hydrogens is 265 g/mol. The number of benzene rings is 1. The Morgan fingerprint density at radius 3 is 2.50 bits per heavy atom. The smallest absolute Gasteiger partial charge is 0.320 e. The zero-order valence-corrected chi connectivity index (χ0v) is 10.6. The Balaban J connectivity index is 3.26. The van der Waals surface area contributed by atoms with E-state index < -0.39 is 17.8 Å². The molecule has 0 saturated heterocycles. The maximum Gasteiger partial charge on any atom is 0.320 e. The minimum absolute atomic E-state index is 0.0468. The topological polar surface area (TPSA) is 81.8 Å². The van der Waals surface area contributed by atoms with E-state index in [4.69, 9.17) is 31.9 Å². The van der Waals surface area contributed by atoms with Gasteiger partial charge in [-0.1, -0.05) is 11.6 Å². The number of methoxy groups -OCH3 is 2. The molecule has 1 atom stereocenters. The summed E-state index contributed by atoms with van der Waals surface area (Å²) in [6.07, 6.45) is -0.0468. The molecule has 0 aliphatic heterocycles. The SMILES string of the molecule is COc1c(CC(N)C(=O)O)cc(Cl)c(F)c1OC. The second kappa shape index (κ2) is 5.88. The molecule has 18 heavy (non-hydrogen) atoms. The van der Waals surface area contributed by atoms with Gasteiger partial charge in [-0.3, -0.25) is 4.79 Å². The van der Waals surface area contributed by atoms with Gasteiger partial charge in [0, 0.05) is 12.0 Å².